The second-order valence-corrected chi connectivity index (χ2v) is 12.3. The van der Waals surface area contributed by atoms with Gasteiger partial charge in [0, 0.05) is 25.9 Å². The van der Waals surface area contributed by atoms with Crippen LogP contribution in [0, 0.1) is 17.2 Å². The molecule has 1 aromatic carbocycles. The third-order valence-electron chi connectivity index (χ3n) is 6.96. The number of anilines is 2. The number of hydrogen-bond acceptors (Lipinski definition) is 10. The van der Waals surface area contributed by atoms with Crippen molar-refractivity contribution >= 4 is 46.6 Å². The molecule has 0 fully saturated rings. The maximum atomic E-state index is 13.9. The molecule has 13 nitrogen and oxygen atoms in total. The van der Waals surface area contributed by atoms with Crippen LogP contribution in [0.2, 0.25) is 5.02 Å². The number of carbonyl (C=O) groups excluding carboxylic acids is 2. The van der Waals surface area contributed by atoms with Gasteiger partial charge < -0.3 is 19.8 Å². The number of nitrogens with two attached hydrogens (primary N) is 1. The lowest BCUT2D eigenvalue weighted by atomic mass is 9.89. The molecule has 2 amide bonds. The summed E-state index contributed by atoms with van der Waals surface area (Å²) < 4.78 is 12.2. The van der Waals surface area contributed by atoms with Gasteiger partial charge in [-0.05, 0) is 50.5 Å². The zero-order valence-corrected chi connectivity index (χ0v) is 27.6. The molecule has 0 spiro atoms. The monoisotopic (exact) mass is 646 g/mol. The number of ether oxygens (including phenoxy) is 2. The van der Waals surface area contributed by atoms with Crippen molar-refractivity contribution in [1.29, 1.82) is 5.26 Å². The van der Waals surface area contributed by atoms with Crippen LogP contribution in [0.25, 0.3) is 0 Å². The zero-order valence-electron chi connectivity index (χ0n) is 26.8. The minimum absolute atomic E-state index is 0.0179. The Bertz CT molecular complexity index is 1850. The number of aryl methyl sites for hydroxylation is 1. The Balaban J connectivity index is 1.90. The Labute approximate surface area is 271 Å². The number of aromatic nitrogens is 3. The van der Waals surface area contributed by atoms with Crippen molar-refractivity contribution in [3.8, 4) is 11.9 Å². The minimum Gasteiger partial charge on any atom is -0.479 e. The van der Waals surface area contributed by atoms with E-state index in [1.807, 2.05) is 13.8 Å². The predicted octanol–water partition coefficient (Wildman–Crippen LogP) is 4.81. The van der Waals surface area contributed by atoms with Gasteiger partial charge in [-0.25, -0.2) is 19.7 Å². The van der Waals surface area contributed by atoms with Gasteiger partial charge in [0.05, 0.1) is 41.7 Å². The van der Waals surface area contributed by atoms with Gasteiger partial charge in [0.2, 0.25) is 11.8 Å². The van der Waals surface area contributed by atoms with E-state index in [2.05, 4.69) is 16.0 Å². The number of pyridine rings is 1. The molecule has 0 bridgehead atoms. The largest absolute Gasteiger partial charge is 0.479 e. The Morgan fingerprint density at radius 1 is 1.22 bits per heavy atom. The van der Waals surface area contributed by atoms with Gasteiger partial charge in [-0.1, -0.05) is 37.6 Å². The molecule has 46 heavy (non-hydrogen) atoms. The molecule has 3 aromatic rings. The van der Waals surface area contributed by atoms with Gasteiger partial charge in [0.25, 0.3) is 11.5 Å². The van der Waals surface area contributed by atoms with Crippen molar-refractivity contribution in [1.82, 2.24) is 14.5 Å². The highest BCUT2D eigenvalue weighted by atomic mass is 35.5. The fourth-order valence-electron chi connectivity index (χ4n) is 4.83. The molecule has 0 aliphatic carbocycles. The lowest BCUT2D eigenvalue weighted by Crippen LogP contribution is -2.37. The first kappa shape index (κ1) is 33.7. The quantitative estimate of drug-likeness (QED) is 0.354. The molecule has 240 valence electrons. The highest BCUT2D eigenvalue weighted by molar-refractivity contribution is 6.31. The summed E-state index contributed by atoms with van der Waals surface area (Å²) in [4.78, 5) is 55.9. The second-order valence-electron chi connectivity index (χ2n) is 11.9. The number of aliphatic imine (C=N–C) groups is 1. The van der Waals surface area contributed by atoms with Crippen molar-refractivity contribution in [2.45, 2.75) is 46.3 Å². The second kappa shape index (κ2) is 13.0. The van der Waals surface area contributed by atoms with E-state index in [0.717, 1.165) is 4.90 Å². The number of nitriles is 1. The fourth-order valence-corrected chi connectivity index (χ4v) is 5.08. The number of rotatable bonds is 7. The van der Waals surface area contributed by atoms with Gasteiger partial charge in [-0.3, -0.25) is 14.5 Å². The normalized spacial score (nSPS) is 15.3. The maximum absolute atomic E-state index is 13.9. The van der Waals surface area contributed by atoms with Crippen molar-refractivity contribution in [3.63, 3.8) is 0 Å². The lowest BCUT2D eigenvalue weighted by molar-refractivity contribution is -0.114. The van der Waals surface area contributed by atoms with E-state index < -0.39 is 29.2 Å². The van der Waals surface area contributed by atoms with E-state index in [1.54, 1.807) is 45.0 Å². The highest BCUT2D eigenvalue weighted by Crippen LogP contribution is 2.42. The fraction of sp³-hybridized carbons (Fsp3) is 0.344. The van der Waals surface area contributed by atoms with Crippen LogP contribution in [0.15, 0.2) is 63.8 Å². The molecule has 0 saturated carbocycles. The van der Waals surface area contributed by atoms with Gasteiger partial charge in [-0.15, -0.1) is 0 Å². The third kappa shape index (κ3) is 6.72. The molecule has 4 rings (SSSR count). The van der Waals surface area contributed by atoms with E-state index >= 15 is 0 Å². The summed E-state index contributed by atoms with van der Waals surface area (Å²) in [5.41, 5.74) is 7.21. The van der Waals surface area contributed by atoms with Gasteiger partial charge in [-0.2, -0.15) is 10.2 Å². The van der Waals surface area contributed by atoms with Gasteiger partial charge in [0.1, 0.15) is 22.7 Å². The van der Waals surface area contributed by atoms with E-state index in [1.165, 1.54) is 49.1 Å². The first-order valence-corrected chi connectivity index (χ1v) is 14.6. The summed E-state index contributed by atoms with van der Waals surface area (Å²) in [6, 6.07) is 9.21. The average molecular weight is 647 g/mol. The molecule has 2 aromatic heterocycles. The molecule has 0 saturated heterocycles. The van der Waals surface area contributed by atoms with Crippen LogP contribution in [-0.4, -0.2) is 52.0 Å². The number of hydrogen-bond donors (Lipinski definition) is 1. The highest BCUT2D eigenvalue weighted by Gasteiger charge is 2.44. The van der Waals surface area contributed by atoms with Crippen LogP contribution in [0.4, 0.5) is 22.1 Å². The Morgan fingerprint density at radius 3 is 2.43 bits per heavy atom. The maximum Gasteiger partial charge on any atom is 0.416 e. The Hall–Kier alpha value is -5.22. The van der Waals surface area contributed by atoms with E-state index in [9.17, 15) is 19.6 Å². The number of benzene rings is 1. The molecule has 1 unspecified atom stereocenters. The summed E-state index contributed by atoms with van der Waals surface area (Å²) in [6.45, 7) is 8.99. The van der Waals surface area contributed by atoms with Crippen molar-refractivity contribution in [3.05, 3.63) is 80.5 Å². The Kier molecular flexibility index (Phi) is 9.53. The Morgan fingerprint density at radius 2 is 1.87 bits per heavy atom. The number of methoxy groups -OCH3 is 1. The molecular weight excluding hydrogens is 612 g/mol. The van der Waals surface area contributed by atoms with Crippen molar-refractivity contribution in [2.75, 3.05) is 24.0 Å². The summed E-state index contributed by atoms with van der Waals surface area (Å²) in [6.07, 6.45) is 2.17. The zero-order chi connectivity index (χ0) is 34.1. The van der Waals surface area contributed by atoms with Crippen LogP contribution in [-0.2, 0) is 16.6 Å². The number of amides is 2. The number of halogens is 1. The molecule has 1 aliphatic heterocycles. The lowest BCUT2D eigenvalue weighted by Gasteiger charge is -2.28. The molecular formula is C32H35ClN8O5. The first-order valence-electron chi connectivity index (χ1n) is 14.2. The van der Waals surface area contributed by atoms with Crippen LogP contribution >= 0.6 is 11.6 Å². The topological polar surface area (TPSA) is 169 Å². The molecule has 3 heterocycles. The van der Waals surface area contributed by atoms with Crippen molar-refractivity contribution < 1.29 is 19.1 Å². The minimum atomic E-state index is -0.906. The van der Waals surface area contributed by atoms with Crippen LogP contribution < -0.4 is 25.8 Å². The summed E-state index contributed by atoms with van der Waals surface area (Å²) in [5, 5.41) is 9.63. The standard InChI is InChI=1S/C32H35ClN8O5/c1-17(2)25(37-21-15-36-30(38-27(21)45-8)40(7)31(44)46-32(3,4)5)23-24(35)29(43)41(22-13-20(33)16-39(6)28(22)42)26(23)19-11-9-18(14-34)10-12-19/h9-13,15-17,26H,35H2,1-8H3. The van der Waals surface area contributed by atoms with E-state index in [-0.39, 0.29) is 39.8 Å². The SMILES string of the molecule is COc1nc(N(C)C(=O)OC(C)(C)C)ncc1N=C(C1=C(N)C(=O)N(c2cc(Cl)cn(C)c2=O)C1c1ccc(C#N)cc1)C(C)C. The van der Waals surface area contributed by atoms with Gasteiger partial charge >= 0.3 is 6.09 Å². The molecule has 1 aliphatic rings. The smallest absolute Gasteiger partial charge is 0.416 e. The molecule has 14 heteroatoms. The average Bonchev–Trinajstić information content (AvgIpc) is 3.25. The number of carbonyl (C=O) groups is 2. The number of nitrogens with zero attached hydrogens (tertiary/aromatic N) is 7. The molecule has 2 N–H and O–H groups in total. The van der Waals surface area contributed by atoms with Crippen LogP contribution in [0.3, 0.4) is 0 Å². The van der Waals surface area contributed by atoms with E-state index in [0.29, 0.717) is 22.4 Å². The summed E-state index contributed by atoms with van der Waals surface area (Å²) in [7, 11) is 4.40. The van der Waals surface area contributed by atoms with Gasteiger partial charge in [0.15, 0.2) is 0 Å². The van der Waals surface area contributed by atoms with Crippen LogP contribution in [0.5, 0.6) is 5.88 Å². The molecule has 0 radical (unpaired) electrons. The first-order chi connectivity index (χ1) is 21.6. The van der Waals surface area contributed by atoms with Crippen LogP contribution in [0.1, 0.15) is 51.8 Å². The van der Waals surface area contributed by atoms with E-state index in [4.69, 9.17) is 31.8 Å². The molecule has 1 atom stereocenters. The predicted molar refractivity (Wildman–Crippen MR) is 174 cm³/mol. The third-order valence-corrected chi connectivity index (χ3v) is 7.17. The summed E-state index contributed by atoms with van der Waals surface area (Å²) in [5.74, 6) is -0.852. The van der Waals surface area contributed by atoms with Crippen molar-refractivity contribution in [2.24, 2.45) is 23.7 Å². The summed E-state index contributed by atoms with van der Waals surface area (Å²) >= 11 is 6.33.